The first-order valence-electron chi connectivity index (χ1n) is 10.7. The number of hydrogen-bond donors (Lipinski definition) is 1. The molecule has 0 aliphatic carbocycles. The first kappa shape index (κ1) is 28.3. The molecule has 186 valence electrons. The number of rotatable bonds is 12. The summed E-state index contributed by atoms with van der Waals surface area (Å²) in [5, 5.41) is 9.85. The van der Waals surface area contributed by atoms with Gasteiger partial charge in [0.25, 0.3) is 0 Å². The van der Waals surface area contributed by atoms with Crippen LogP contribution in [-0.2, 0) is 33.4 Å². The maximum atomic E-state index is 13.0. The van der Waals surface area contributed by atoms with Gasteiger partial charge in [0.15, 0.2) is 0 Å². The van der Waals surface area contributed by atoms with E-state index in [0.717, 1.165) is 12.0 Å². The topological polar surface area (TPSA) is 137 Å². The number of carboxylic acids is 1. The van der Waals surface area contributed by atoms with Gasteiger partial charge in [-0.2, -0.15) is 0 Å². The van der Waals surface area contributed by atoms with Gasteiger partial charge in [-0.05, 0) is 36.6 Å². The number of benzene rings is 1. The van der Waals surface area contributed by atoms with E-state index in [9.17, 15) is 29.1 Å². The molecule has 10 heteroatoms. The van der Waals surface area contributed by atoms with Crippen LogP contribution in [0.1, 0.15) is 49.5 Å². The van der Waals surface area contributed by atoms with Crippen molar-refractivity contribution < 1.29 is 43.3 Å². The summed E-state index contributed by atoms with van der Waals surface area (Å²) in [5.41, 5.74) is 0.787. The third-order valence-electron chi connectivity index (χ3n) is 5.15. The standard InChI is InChI=1S/C24H31NO9/c1-6-15(3)21(22(28)29)25(19(26)13-20(27)34-7-2)14-18(24(31)33-5)12-16-8-10-17(11-9-16)23(30)32-4/h8-12,15,21H,6-7,13-14H2,1-5H3,(H,28,29)/b18-12+. The van der Waals surface area contributed by atoms with E-state index in [2.05, 4.69) is 4.74 Å². The normalized spacial score (nSPS) is 12.8. The second-order valence-electron chi connectivity index (χ2n) is 7.45. The molecule has 0 fully saturated rings. The molecule has 1 rings (SSSR count). The van der Waals surface area contributed by atoms with Gasteiger partial charge in [0.05, 0.1) is 38.5 Å². The number of esters is 3. The zero-order chi connectivity index (χ0) is 25.8. The Bertz CT molecular complexity index is 921. The quantitative estimate of drug-likeness (QED) is 0.208. The highest BCUT2D eigenvalue weighted by atomic mass is 16.5. The zero-order valence-corrected chi connectivity index (χ0v) is 20.0. The first-order chi connectivity index (χ1) is 16.1. The van der Waals surface area contributed by atoms with Crippen LogP contribution in [0.4, 0.5) is 0 Å². The maximum Gasteiger partial charge on any atom is 0.337 e. The summed E-state index contributed by atoms with van der Waals surface area (Å²) in [6, 6.07) is 4.82. The third-order valence-corrected chi connectivity index (χ3v) is 5.15. The van der Waals surface area contributed by atoms with Crippen molar-refractivity contribution in [1.29, 1.82) is 0 Å². The molecule has 1 amide bonds. The van der Waals surface area contributed by atoms with E-state index in [1.807, 2.05) is 0 Å². The van der Waals surface area contributed by atoms with Gasteiger partial charge in [0, 0.05) is 0 Å². The van der Waals surface area contributed by atoms with Crippen molar-refractivity contribution in [3.8, 4) is 0 Å². The van der Waals surface area contributed by atoms with Crippen LogP contribution < -0.4 is 0 Å². The molecule has 0 saturated heterocycles. The van der Waals surface area contributed by atoms with Crippen LogP contribution in [0.25, 0.3) is 6.08 Å². The Labute approximate surface area is 198 Å². The van der Waals surface area contributed by atoms with Crippen molar-refractivity contribution >= 4 is 35.9 Å². The molecule has 0 spiro atoms. The minimum Gasteiger partial charge on any atom is -0.480 e. The molecule has 0 heterocycles. The Kier molecular flexibility index (Phi) is 11.5. The molecule has 2 atom stereocenters. The van der Waals surface area contributed by atoms with Crippen molar-refractivity contribution in [3.63, 3.8) is 0 Å². The molecule has 2 unspecified atom stereocenters. The Morgan fingerprint density at radius 2 is 1.65 bits per heavy atom. The fourth-order valence-electron chi connectivity index (χ4n) is 3.20. The van der Waals surface area contributed by atoms with Gasteiger partial charge in [-0.1, -0.05) is 32.4 Å². The summed E-state index contributed by atoms with van der Waals surface area (Å²) in [6.45, 7) is 4.67. The predicted molar refractivity (Wildman–Crippen MR) is 122 cm³/mol. The minimum atomic E-state index is -1.29. The van der Waals surface area contributed by atoms with E-state index < -0.39 is 54.7 Å². The number of carbonyl (C=O) groups is 5. The number of hydrogen-bond acceptors (Lipinski definition) is 8. The van der Waals surface area contributed by atoms with Crippen LogP contribution in [0.15, 0.2) is 29.8 Å². The molecule has 0 radical (unpaired) electrons. The smallest absolute Gasteiger partial charge is 0.337 e. The molecule has 0 aliphatic heterocycles. The average Bonchev–Trinajstić information content (AvgIpc) is 2.81. The molecule has 0 aliphatic rings. The van der Waals surface area contributed by atoms with Crippen molar-refractivity contribution in [2.75, 3.05) is 27.4 Å². The fourth-order valence-corrected chi connectivity index (χ4v) is 3.20. The predicted octanol–water partition coefficient (Wildman–Crippen LogP) is 2.31. The lowest BCUT2D eigenvalue weighted by atomic mass is 9.96. The molecule has 0 bridgehead atoms. The molecular formula is C24H31NO9. The Balaban J connectivity index is 3.43. The number of aliphatic carboxylic acids is 1. The van der Waals surface area contributed by atoms with E-state index in [0.29, 0.717) is 17.5 Å². The summed E-state index contributed by atoms with van der Waals surface area (Å²) in [6.07, 6.45) is 1.19. The molecule has 1 N–H and O–H groups in total. The van der Waals surface area contributed by atoms with Crippen LogP contribution in [0, 0.1) is 5.92 Å². The summed E-state index contributed by atoms with van der Waals surface area (Å²) >= 11 is 0. The number of ether oxygens (including phenoxy) is 3. The number of carboxylic acid groups (broad SMARTS) is 1. The van der Waals surface area contributed by atoms with Crippen molar-refractivity contribution in [3.05, 3.63) is 41.0 Å². The van der Waals surface area contributed by atoms with Gasteiger partial charge in [-0.15, -0.1) is 0 Å². The Morgan fingerprint density at radius 1 is 1.03 bits per heavy atom. The van der Waals surface area contributed by atoms with E-state index >= 15 is 0 Å². The van der Waals surface area contributed by atoms with E-state index in [4.69, 9.17) is 9.47 Å². The highest BCUT2D eigenvalue weighted by Crippen LogP contribution is 2.20. The second-order valence-corrected chi connectivity index (χ2v) is 7.45. The van der Waals surface area contributed by atoms with Gasteiger partial charge >= 0.3 is 23.9 Å². The fraction of sp³-hybridized carbons (Fsp3) is 0.458. The van der Waals surface area contributed by atoms with Crippen molar-refractivity contribution in [2.45, 2.75) is 39.7 Å². The van der Waals surface area contributed by atoms with Gasteiger partial charge in [0.1, 0.15) is 12.5 Å². The van der Waals surface area contributed by atoms with Crippen LogP contribution in [0.2, 0.25) is 0 Å². The van der Waals surface area contributed by atoms with E-state index in [-0.39, 0.29) is 12.2 Å². The summed E-state index contributed by atoms with van der Waals surface area (Å²) in [4.78, 5) is 62.1. The zero-order valence-electron chi connectivity index (χ0n) is 20.0. The highest BCUT2D eigenvalue weighted by molar-refractivity contribution is 5.99. The third kappa shape index (κ3) is 8.02. The minimum absolute atomic E-state index is 0.0138. The largest absolute Gasteiger partial charge is 0.480 e. The lowest BCUT2D eigenvalue weighted by Gasteiger charge is -2.32. The van der Waals surface area contributed by atoms with E-state index in [1.54, 1.807) is 32.9 Å². The molecule has 0 aromatic heterocycles. The van der Waals surface area contributed by atoms with Crippen molar-refractivity contribution in [1.82, 2.24) is 4.90 Å². The van der Waals surface area contributed by atoms with Crippen LogP contribution >= 0.6 is 0 Å². The number of carbonyl (C=O) groups excluding carboxylic acids is 4. The first-order valence-corrected chi connectivity index (χ1v) is 10.7. The van der Waals surface area contributed by atoms with Crippen molar-refractivity contribution in [2.24, 2.45) is 5.92 Å². The number of nitrogens with zero attached hydrogens (tertiary/aromatic N) is 1. The second kappa shape index (κ2) is 13.8. The number of amides is 1. The molecule has 34 heavy (non-hydrogen) atoms. The highest BCUT2D eigenvalue weighted by Gasteiger charge is 2.36. The molecule has 1 aromatic carbocycles. The SMILES string of the molecule is CCOC(=O)CC(=O)N(C/C(=C\c1ccc(C(=O)OC)cc1)C(=O)OC)C(C(=O)O)C(C)CC. The van der Waals surface area contributed by atoms with Crippen LogP contribution in [-0.4, -0.2) is 73.2 Å². The average molecular weight is 478 g/mol. The Hall–Kier alpha value is -3.69. The lowest BCUT2D eigenvalue weighted by Crippen LogP contribution is -2.50. The number of methoxy groups -OCH3 is 2. The van der Waals surface area contributed by atoms with Crippen LogP contribution in [0.3, 0.4) is 0 Å². The molecule has 0 saturated carbocycles. The van der Waals surface area contributed by atoms with Crippen LogP contribution in [0.5, 0.6) is 0 Å². The molecular weight excluding hydrogens is 446 g/mol. The maximum absolute atomic E-state index is 13.0. The molecule has 1 aromatic rings. The van der Waals surface area contributed by atoms with E-state index in [1.165, 1.54) is 25.3 Å². The Morgan fingerprint density at radius 3 is 2.12 bits per heavy atom. The summed E-state index contributed by atoms with van der Waals surface area (Å²) in [5.74, 6) is -4.63. The summed E-state index contributed by atoms with van der Waals surface area (Å²) in [7, 11) is 2.41. The van der Waals surface area contributed by atoms with Gasteiger partial charge in [-0.3, -0.25) is 9.59 Å². The molecule has 10 nitrogen and oxygen atoms in total. The van der Waals surface area contributed by atoms with Gasteiger partial charge in [0.2, 0.25) is 5.91 Å². The van der Waals surface area contributed by atoms with Gasteiger partial charge in [-0.25, -0.2) is 14.4 Å². The lowest BCUT2D eigenvalue weighted by molar-refractivity contribution is -0.156. The summed E-state index contributed by atoms with van der Waals surface area (Å²) < 4.78 is 14.3. The monoisotopic (exact) mass is 477 g/mol. The van der Waals surface area contributed by atoms with Gasteiger partial charge < -0.3 is 24.2 Å².